The summed E-state index contributed by atoms with van der Waals surface area (Å²) in [6.07, 6.45) is 1.28. The summed E-state index contributed by atoms with van der Waals surface area (Å²) in [7, 11) is -0.995. The first-order chi connectivity index (χ1) is 24.3. The number of rotatable bonds is 10. The van der Waals surface area contributed by atoms with Gasteiger partial charge in [0.1, 0.15) is 34.5 Å². The van der Waals surface area contributed by atoms with Gasteiger partial charge in [0.15, 0.2) is 5.58 Å². The van der Waals surface area contributed by atoms with Gasteiger partial charge >= 0.3 is 0 Å². The van der Waals surface area contributed by atoms with E-state index in [4.69, 9.17) is 13.6 Å². The Bertz CT molecular complexity index is 2520. The zero-order valence-corrected chi connectivity index (χ0v) is 29.2. The van der Waals surface area contributed by atoms with Crippen molar-refractivity contribution in [3.05, 3.63) is 89.7 Å². The van der Waals surface area contributed by atoms with Gasteiger partial charge in [0.25, 0.3) is 5.91 Å². The number of fused-ring (bicyclic) bond motifs is 2. The van der Waals surface area contributed by atoms with Crippen molar-refractivity contribution in [2.24, 2.45) is 5.41 Å². The fourth-order valence-electron chi connectivity index (χ4n) is 5.82. The Morgan fingerprint density at radius 1 is 1.00 bits per heavy atom. The second-order valence-electron chi connectivity index (χ2n) is 12.5. The summed E-state index contributed by atoms with van der Waals surface area (Å²) < 4.78 is 60.2. The first kappa shape index (κ1) is 34.7. The van der Waals surface area contributed by atoms with Gasteiger partial charge in [-0.2, -0.15) is 10.5 Å². The molecule has 1 amide bonds. The van der Waals surface area contributed by atoms with Crippen molar-refractivity contribution in [1.82, 2.24) is 10.3 Å². The largest absolute Gasteiger partial charge is 0.496 e. The lowest BCUT2D eigenvalue weighted by Crippen LogP contribution is -2.33. The van der Waals surface area contributed by atoms with E-state index in [0.717, 1.165) is 6.26 Å². The lowest BCUT2D eigenvalue weighted by Gasteiger charge is -2.27. The Balaban J connectivity index is 1.66. The molecule has 0 saturated carbocycles. The van der Waals surface area contributed by atoms with E-state index in [1.165, 1.54) is 42.7 Å². The number of furan rings is 1. The lowest BCUT2D eigenvalue weighted by atomic mass is 9.91. The van der Waals surface area contributed by atoms with E-state index in [0.29, 0.717) is 50.1 Å². The van der Waals surface area contributed by atoms with Crippen LogP contribution in [0, 0.1) is 33.9 Å². The van der Waals surface area contributed by atoms with Crippen molar-refractivity contribution in [1.29, 1.82) is 10.5 Å². The maximum absolute atomic E-state index is 13.9. The third kappa shape index (κ3) is 6.59. The molecule has 0 atom stereocenters. The molecule has 0 radical (unpaired) electrons. The highest BCUT2D eigenvalue weighted by Crippen LogP contribution is 2.44. The number of hydrogen-bond acceptors (Lipinski definition) is 9. The number of para-hydroxylation sites is 1. The summed E-state index contributed by atoms with van der Waals surface area (Å²) in [6, 6.07) is 23.2. The molecule has 0 spiro atoms. The van der Waals surface area contributed by atoms with Crippen LogP contribution in [0.25, 0.3) is 56.0 Å². The molecule has 51 heavy (non-hydrogen) atoms. The van der Waals surface area contributed by atoms with Crippen LogP contribution >= 0.6 is 0 Å². The number of methoxy groups -OCH3 is 1. The van der Waals surface area contributed by atoms with E-state index in [1.807, 2.05) is 0 Å². The number of benzene rings is 4. The van der Waals surface area contributed by atoms with E-state index in [9.17, 15) is 28.1 Å². The Hall–Kier alpha value is -6.18. The molecular weight excluding hydrogens is 674 g/mol. The predicted molar refractivity (Wildman–Crippen MR) is 191 cm³/mol. The van der Waals surface area contributed by atoms with Gasteiger partial charge in [0, 0.05) is 36.2 Å². The summed E-state index contributed by atoms with van der Waals surface area (Å²) in [6.45, 7) is 3.40. The van der Waals surface area contributed by atoms with Crippen molar-refractivity contribution in [2.45, 2.75) is 20.3 Å². The van der Waals surface area contributed by atoms with Gasteiger partial charge in [-0.15, -0.1) is 0 Å². The summed E-state index contributed by atoms with van der Waals surface area (Å²) in [4.78, 5) is 18.0. The second kappa shape index (κ2) is 13.3. The molecule has 0 bridgehead atoms. The first-order valence-corrected chi connectivity index (χ1v) is 17.6. The monoisotopic (exact) mass is 705 g/mol. The number of hydrogen-bond donors (Lipinski definition) is 1. The van der Waals surface area contributed by atoms with E-state index in [2.05, 4.69) is 22.4 Å². The molecule has 0 unspecified atom stereocenters. The maximum atomic E-state index is 13.9. The second-order valence-corrected chi connectivity index (χ2v) is 14.4. The molecule has 13 heteroatoms. The molecule has 6 rings (SSSR count). The van der Waals surface area contributed by atoms with Gasteiger partial charge in [0.2, 0.25) is 15.9 Å². The van der Waals surface area contributed by atoms with Crippen LogP contribution in [-0.2, 0) is 10.0 Å². The number of carbonyl (C=O) groups excluding carboxylic acids is 1. The summed E-state index contributed by atoms with van der Waals surface area (Å²) in [5.41, 5.74) is 2.60. The Labute approximate surface area is 293 Å². The number of carbonyl (C=O) groups is 1. The van der Waals surface area contributed by atoms with Gasteiger partial charge in [-0.25, -0.2) is 17.8 Å². The zero-order valence-electron chi connectivity index (χ0n) is 28.4. The Morgan fingerprint density at radius 3 is 2.37 bits per heavy atom. The number of nitrogens with zero attached hydrogens (tertiary/aromatic N) is 4. The van der Waals surface area contributed by atoms with E-state index in [-0.39, 0.29) is 41.5 Å². The van der Waals surface area contributed by atoms with Crippen LogP contribution in [0.1, 0.15) is 36.2 Å². The molecule has 1 N–H and O–H groups in total. The summed E-state index contributed by atoms with van der Waals surface area (Å²) >= 11 is 0. The fraction of sp³-hybridized carbons (Fsp3) is 0.211. The third-order valence-electron chi connectivity index (χ3n) is 8.56. The van der Waals surface area contributed by atoms with Crippen molar-refractivity contribution >= 4 is 43.7 Å². The molecule has 2 heterocycles. The van der Waals surface area contributed by atoms with Crippen LogP contribution in [0.15, 0.2) is 81.6 Å². The smallest absolute Gasteiger partial charge is 0.255 e. The molecule has 0 aliphatic heterocycles. The molecule has 0 fully saturated rings. The van der Waals surface area contributed by atoms with Crippen LogP contribution in [0.5, 0.6) is 5.75 Å². The SMILES string of the molecule is CNC(=O)c1c(-c2ccc(F)cc2)oc2cc(N(CCC(C)(C)C#N)S(C)(=O)=O)c(-c3ccc(OC)c(-c4nc5c(C#N)cccc5o4)c3)cc12. The van der Waals surface area contributed by atoms with Crippen LogP contribution in [-0.4, -0.2) is 46.3 Å². The molecule has 11 nitrogen and oxygen atoms in total. The standard InChI is InChI=1S/C38H32FN5O6S/c1-38(2,21-41)15-16-44(51(5,46)47)29-19-32-27(33(36(45)42-3)35(49-32)22-9-12-25(39)13-10-22)18-26(29)23-11-14-30(48-4)28(17-23)37-43-34-24(20-40)7-6-8-31(34)50-37/h6-14,17-19H,15-16H2,1-5H3,(H,42,45). The first-order valence-electron chi connectivity index (χ1n) is 15.7. The van der Waals surface area contributed by atoms with Gasteiger partial charge in [-0.1, -0.05) is 12.1 Å². The van der Waals surface area contributed by atoms with Gasteiger partial charge < -0.3 is 18.9 Å². The highest BCUT2D eigenvalue weighted by atomic mass is 32.2. The normalized spacial score (nSPS) is 11.7. The molecule has 0 aliphatic carbocycles. The number of nitriles is 2. The molecule has 4 aromatic carbocycles. The van der Waals surface area contributed by atoms with Crippen molar-refractivity contribution in [2.75, 3.05) is 31.3 Å². The number of ether oxygens (including phenoxy) is 1. The number of halogens is 1. The van der Waals surface area contributed by atoms with Gasteiger partial charge in [-0.3, -0.25) is 9.10 Å². The lowest BCUT2D eigenvalue weighted by molar-refractivity contribution is 0.0964. The molecule has 2 aromatic heterocycles. The molecule has 0 saturated heterocycles. The van der Waals surface area contributed by atoms with Gasteiger partial charge in [0.05, 0.1) is 47.2 Å². The molecule has 258 valence electrons. The van der Waals surface area contributed by atoms with Crippen LogP contribution in [0.3, 0.4) is 0 Å². The van der Waals surface area contributed by atoms with E-state index in [1.54, 1.807) is 62.4 Å². The third-order valence-corrected chi connectivity index (χ3v) is 9.74. The fourth-order valence-corrected chi connectivity index (χ4v) is 6.75. The van der Waals surface area contributed by atoms with Crippen LogP contribution in [0.2, 0.25) is 0 Å². The average molecular weight is 706 g/mol. The molecule has 6 aromatic rings. The highest BCUT2D eigenvalue weighted by Gasteiger charge is 2.30. The summed E-state index contributed by atoms with van der Waals surface area (Å²) in [5, 5.41) is 22.4. The van der Waals surface area contributed by atoms with Crippen molar-refractivity contribution < 1.29 is 31.2 Å². The predicted octanol–water partition coefficient (Wildman–Crippen LogP) is 7.66. The molecule has 0 aliphatic rings. The van der Waals surface area contributed by atoms with Crippen LogP contribution < -0.4 is 14.4 Å². The Kier molecular flexibility index (Phi) is 9.02. The number of anilines is 1. The van der Waals surface area contributed by atoms with E-state index < -0.39 is 27.2 Å². The number of sulfonamides is 1. The number of nitrogens with one attached hydrogen (secondary N) is 1. The Morgan fingerprint density at radius 2 is 1.73 bits per heavy atom. The van der Waals surface area contributed by atoms with E-state index >= 15 is 0 Å². The number of aromatic nitrogens is 1. The van der Waals surface area contributed by atoms with Crippen molar-refractivity contribution in [3.8, 4) is 51.8 Å². The minimum Gasteiger partial charge on any atom is -0.496 e. The highest BCUT2D eigenvalue weighted by molar-refractivity contribution is 7.92. The van der Waals surface area contributed by atoms with Crippen LogP contribution in [0.4, 0.5) is 10.1 Å². The van der Waals surface area contributed by atoms with Gasteiger partial charge in [-0.05, 0) is 80.4 Å². The number of amides is 1. The maximum Gasteiger partial charge on any atom is 0.255 e. The zero-order chi connectivity index (χ0) is 36.7. The summed E-state index contributed by atoms with van der Waals surface area (Å²) in [5.74, 6) is -0.215. The average Bonchev–Trinajstić information content (AvgIpc) is 3.72. The number of oxazole rings is 1. The minimum absolute atomic E-state index is 0.0448. The quantitative estimate of drug-likeness (QED) is 0.151. The van der Waals surface area contributed by atoms with Crippen molar-refractivity contribution in [3.63, 3.8) is 0 Å². The minimum atomic E-state index is -3.95. The topological polar surface area (TPSA) is 162 Å². The molecular formula is C38H32FN5O6S.